The minimum absolute atomic E-state index is 0.184. The van der Waals surface area contributed by atoms with E-state index in [9.17, 15) is 4.79 Å². The van der Waals surface area contributed by atoms with E-state index in [0.29, 0.717) is 12.3 Å². The van der Waals surface area contributed by atoms with E-state index in [1.165, 1.54) is 19.1 Å². The number of hydrogen-bond acceptors (Lipinski definition) is 4. The van der Waals surface area contributed by atoms with Gasteiger partial charge in [0, 0.05) is 20.2 Å². The highest BCUT2D eigenvalue weighted by molar-refractivity contribution is 5.72. The van der Waals surface area contributed by atoms with Gasteiger partial charge in [-0.25, -0.2) is 0 Å². The van der Waals surface area contributed by atoms with E-state index in [2.05, 4.69) is 11.0 Å². The first kappa shape index (κ1) is 15.0. The molecule has 0 bridgehead atoms. The molecule has 1 aliphatic rings. The average Bonchev–Trinajstić information content (AvgIpc) is 2.88. The molecule has 0 amide bonds. The number of carbonyl (C=O) groups is 1. The van der Waals surface area contributed by atoms with Gasteiger partial charge in [-0.3, -0.25) is 9.69 Å². The van der Waals surface area contributed by atoms with Gasteiger partial charge >= 0.3 is 5.97 Å². The zero-order valence-electron chi connectivity index (χ0n) is 12.3. The molecule has 0 N–H and O–H groups in total. The lowest BCUT2D eigenvalue weighted by atomic mass is 10.0. The largest absolute Gasteiger partial charge is 0.469 e. The van der Waals surface area contributed by atoms with Crippen molar-refractivity contribution in [3.63, 3.8) is 0 Å². The van der Waals surface area contributed by atoms with Crippen molar-refractivity contribution in [2.24, 2.45) is 5.92 Å². The maximum atomic E-state index is 11.5. The second-order valence-corrected chi connectivity index (χ2v) is 5.37. The van der Waals surface area contributed by atoms with E-state index >= 15 is 0 Å². The van der Waals surface area contributed by atoms with Crippen molar-refractivity contribution in [1.82, 2.24) is 4.90 Å². The van der Waals surface area contributed by atoms with Gasteiger partial charge in [0.25, 0.3) is 0 Å². The van der Waals surface area contributed by atoms with Gasteiger partial charge in [0.1, 0.15) is 0 Å². The van der Waals surface area contributed by atoms with Gasteiger partial charge < -0.3 is 9.47 Å². The molecule has 1 atom stereocenters. The maximum absolute atomic E-state index is 11.5. The number of rotatable bonds is 6. The zero-order valence-corrected chi connectivity index (χ0v) is 12.3. The number of nitrogens with zero attached hydrogens (tertiary/aromatic N) is 1. The Balaban J connectivity index is 1.97. The maximum Gasteiger partial charge on any atom is 0.309 e. The molecule has 1 fully saturated rings. The molecule has 110 valence electrons. The fourth-order valence-corrected chi connectivity index (χ4v) is 2.78. The van der Waals surface area contributed by atoms with Crippen LogP contribution < -0.4 is 0 Å². The Hall–Kier alpha value is -1.39. The van der Waals surface area contributed by atoms with Crippen LogP contribution >= 0.6 is 0 Å². The van der Waals surface area contributed by atoms with Crippen LogP contribution in [0.4, 0.5) is 0 Å². The fourth-order valence-electron chi connectivity index (χ4n) is 2.78. The Labute approximate surface area is 120 Å². The van der Waals surface area contributed by atoms with Crippen molar-refractivity contribution < 1.29 is 14.3 Å². The summed E-state index contributed by atoms with van der Waals surface area (Å²) in [5.74, 6) is 0.448. The van der Waals surface area contributed by atoms with E-state index in [0.717, 1.165) is 31.8 Å². The molecule has 1 unspecified atom stereocenters. The molecule has 0 aliphatic carbocycles. The van der Waals surface area contributed by atoms with Gasteiger partial charge in [-0.15, -0.1) is 0 Å². The summed E-state index contributed by atoms with van der Waals surface area (Å²) in [7, 11) is 3.19. The first-order valence-electron chi connectivity index (χ1n) is 7.07. The molecule has 1 aliphatic heterocycles. The topological polar surface area (TPSA) is 38.8 Å². The quantitative estimate of drug-likeness (QED) is 0.744. The Morgan fingerprint density at radius 1 is 1.30 bits per heavy atom. The number of esters is 1. The lowest BCUT2D eigenvalue weighted by Gasteiger charge is -2.18. The molecular weight excluding hydrogens is 254 g/mol. The lowest BCUT2D eigenvalue weighted by molar-refractivity contribution is -0.139. The van der Waals surface area contributed by atoms with Crippen molar-refractivity contribution >= 4 is 5.97 Å². The van der Waals surface area contributed by atoms with Gasteiger partial charge in [-0.05, 0) is 30.0 Å². The minimum atomic E-state index is -0.184. The van der Waals surface area contributed by atoms with Crippen LogP contribution in [0.25, 0.3) is 0 Å². The summed E-state index contributed by atoms with van der Waals surface area (Å²) in [5, 5.41) is 0. The number of ether oxygens (including phenoxy) is 2. The average molecular weight is 277 g/mol. The highest BCUT2D eigenvalue weighted by Crippen LogP contribution is 2.20. The number of methoxy groups -OCH3 is 2. The van der Waals surface area contributed by atoms with Crippen LogP contribution in [-0.2, 0) is 27.2 Å². The molecule has 0 aromatic heterocycles. The molecule has 4 heteroatoms. The molecular formula is C16H23NO3. The summed E-state index contributed by atoms with van der Waals surface area (Å²) in [5.41, 5.74) is 2.28. The predicted molar refractivity (Wildman–Crippen MR) is 77.4 cm³/mol. The SMILES string of the molecule is COCC1CCN(Cc2ccccc2CC(=O)OC)C1. The van der Waals surface area contributed by atoms with Gasteiger partial charge in [0.15, 0.2) is 0 Å². The Morgan fingerprint density at radius 2 is 2.05 bits per heavy atom. The second kappa shape index (κ2) is 7.41. The van der Waals surface area contributed by atoms with Crippen molar-refractivity contribution in [1.29, 1.82) is 0 Å². The highest BCUT2D eigenvalue weighted by atomic mass is 16.5. The Bertz CT molecular complexity index is 447. The normalized spacial score (nSPS) is 19.2. The summed E-state index contributed by atoms with van der Waals surface area (Å²) in [4.78, 5) is 13.9. The molecule has 20 heavy (non-hydrogen) atoms. The summed E-state index contributed by atoms with van der Waals surface area (Å²) in [6.07, 6.45) is 1.54. The van der Waals surface area contributed by atoms with Gasteiger partial charge in [0.05, 0.1) is 20.1 Å². The molecule has 1 aromatic rings. The van der Waals surface area contributed by atoms with Crippen LogP contribution in [0.3, 0.4) is 0 Å². The van der Waals surface area contributed by atoms with Gasteiger partial charge in [-0.2, -0.15) is 0 Å². The third kappa shape index (κ3) is 4.05. The molecule has 4 nitrogen and oxygen atoms in total. The van der Waals surface area contributed by atoms with E-state index in [1.807, 2.05) is 18.2 Å². The first-order chi connectivity index (χ1) is 9.72. The van der Waals surface area contributed by atoms with Crippen LogP contribution in [0, 0.1) is 5.92 Å². The third-order valence-corrected chi connectivity index (χ3v) is 3.85. The smallest absolute Gasteiger partial charge is 0.309 e. The molecule has 0 saturated carbocycles. The number of hydrogen-bond donors (Lipinski definition) is 0. The van der Waals surface area contributed by atoms with Crippen LogP contribution in [0.1, 0.15) is 17.5 Å². The van der Waals surface area contributed by atoms with Crippen LogP contribution in [0.2, 0.25) is 0 Å². The summed E-state index contributed by atoms with van der Waals surface area (Å²) < 4.78 is 9.99. The predicted octanol–water partition coefficient (Wildman–Crippen LogP) is 1.87. The van der Waals surface area contributed by atoms with Crippen molar-refractivity contribution in [2.75, 3.05) is 33.9 Å². The summed E-state index contributed by atoms with van der Waals surface area (Å²) in [6, 6.07) is 8.11. The standard InChI is InChI=1S/C16H23NO3/c1-19-12-13-7-8-17(10-13)11-15-6-4-3-5-14(15)9-16(18)20-2/h3-6,13H,7-12H2,1-2H3. The Kier molecular flexibility index (Phi) is 5.56. The molecule has 1 heterocycles. The van der Waals surface area contributed by atoms with Crippen molar-refractivity contribution in [3.8, 4) is 0 Å². The number of likely N-dealkylation sites (tertiary alicyclic amines) is 1. The van der Waals surface area contributed by atoms with Crippen molar-refractivity contribution in [3.05, 3.63) is 35.4 Å². The number of benzene rings is 1. The molecule has 0 radical (unpaired) electrons. The van der Waals surface area contributed by atoms with E-state index in [-0.39, 0.29) is 5.97 Å². The van der Waals surface area contributed by atoms with Gasteiger partial charge in [-0.1, -0.05) is 24.3 Å². The molecule has 2 rings (SSSR count). The number of carbonyl (C=O) groups excluding carboxylic acids is 1. The third-order valence-electron chi connectivity index (χ3n) is 3.85. The Morgan fingerprint density at radius 3 is 2.75 bits per heavy atom. The van der Waals surface area contributed by atoms with Crippen molar-refractivity contribution in [2.45, 2.75) is 19.4 Å². The zero-order chi connectivity index (χ0) is 14.4. The minimum Gasteiger partial charge on any atom is -0.469 e. The summed E-state index contributed by atoms with van der Waals surface area (Å²) in [6.45, 7) is 3.90. The first-order valence-corrected chi connectivity index (χ1v) is 7.07. The van der Waals surface area contributed by atoms with Crippen LogP contribution in [0.15, 0.2) is 24.3 Å². The van der Waals surface area contributed by atoms with E-state index in [4.69, 9.17) is 9.47 Å². The lowest BCUT2D eigenvalue weighted by Crippen LogP contribution is -2.22. The molecule has 0 spiro atoms. The van der Waals surface area contributed by atoms with E-state index in [1.54, 1.807) is 7.11 Å². The fraction of sp³-hybridized carbons (Fsp3) is 0.562. The second-order valence-electron chi connectivity index (χ2n) is 5.37. The van der Waals surface area contributed by atoms with Crippen LogP contribution in [0.5, 0.6) is 0 Å². The molecule has 1 aromatic carbocycles. The monoisotopic (exact) mass is 277 g/mol. The van der Waals surface area contributed by atoms with Crippen LogP contribution in [-0.4, -0.2) is 44.8 Å². The van der Waals surface area contributed by atoms with E-state index < -0.39 is 0 Å². The highest BCUT2D eigenvalue weighted by Gasteiger charge is 2.23. The van der Waals surface area contributed by atoms with Gasteiger partial charge in [0.2, 0.25) is 0 Å². The molecule has 1 saturated heterocycles. The summed E-state index contributed by atoms with van der Waals surface area (Å²) >= 11 is 0.